The van der Waals surface area contributed by atoms with E-state index < -0.39 is 17.1 Å². The third-order valence-corrected chi connectivity index (χ3v) is 8.36. The van der Waals surface area contributed by atoms with Crippen LogP contribution in [0.25, 0.3) is 11.3 Å². The average molecular weight is 556 g/mol. The smallest absolute Gasteiger partial charge is 0.326 e. The van der Waals surface area contributed by atoms with Crippen molar-refractivity contribution in [2.75, 3.05) is 32.8 Å². The van der Waals surface area contributed by atoms with Gasteiger partial charge in [0.2, 0.25) is 0 Å². The third kappa shape index (κ3) is 5.92. The first-order chi connectivity index (χ1) is 20.0. The lowest BCUT2D eigenvalue weighted by molar-refractivity contribution is -0.143. The number of benzene rings is 1. The van der Waals surface area contributed by atoms with Crippen molar-refractivity contribution in [1.82, 2.24) is 23.9 Å². The quantitative estimate of drug-likeness (QED) is 0.339. The van der Waals surface area contributed by atoms with Gasteiger partial charge in [0, 0.05) is 68.6 Å². The molecule has 0 bridgehead atoms. The number of rotatable bonds is 8. The van der Waals surface area contributed by atoms with E-state index in [2.05, 4.69) is 74.2 Å². The van der Waals surface area contributed by atoms with E-state index in [1.807, 2.05) is 0 Å². The minimum absolute atomic E-state index is 0.219. The predicted molar refractivity (Wildman–Crippen MR) is 158 cm³/mol. The molecule has 0 atom stereocenters. The number of carbonyl (C=O) groups is 1. The van der Waals surface area contributed by atoms with Crippen molar-refractivity contribution in [3.05, 3.63) is 104 Å². The number of hydrogen-bond donors (Lipinski definition) is 1. The molecule has 2 aromatic heterocycles. The van der Waals surface area contributed by atoms with Gasteiger partial charge < -0.3 is 14.3 Å². The number of aromatic amines is 1. The minimum Gasteiger partial charge on any atom is -0.465 e. The van der Waals surface area contributed by atoms with Gasteiger partial charge in [-0.05, 0) is 55.9 Å². The van der Waals surface area contributed by atoms with Gasteiger partial charge in [-0.1, -0.05) is 35.9 Å². The van der Waals surface area contributed by atoms with Gasteiger partial charge in [-0.2, -0.15) is 0 Å². The van der Waals surface area contributed by atoms with Gasteiger partial charge >= 0.3 is 17.1 Å². The number of fused-ring (bicyclic) bond motifs is 2. The molecular weight excluding hydrogens is 518 g/mol. The number of ether oxygens (including phenoxy) is 1. The van der Waals surface area contributed by atoms with Gasteiger partial charge in [-0.25, -0.2) is 0 Å². The second-order valence-electron chi connectivity index (χ2n) is 11.1. The number of H-pyrrole nitrogens is 1. The number of hydrogen-bond acceptors (Lipinski definition) is 6. The van der Waals surface area contributed by atoms with E-state index in [0.29, 0.717) is 17.8 Å². The number of aryl methyl sites for hydroxylation is 1. The molecule has 9 heteroatoms. The highest BCUT2D eigenvalue weighted by molar-refractivity contribution is 5.85. The van der Waals surface area contributed by atoms with Crippen LogP contribution in [0.3, 0.4) is 0 Å². The summed E-state index contributed by atoms with van der Waals surface area (Å²) < 4.78 is 8.59. The Balaban J connectivity index is 1.17. The molecule has 0 radical (unpaired) electrons. The highest BCUT2D eigenvalue weighted by Crippen LogP contribution is 2.39. The molecule has 0 amide bonds. The molecule has 3 heterocycles. The molecule has 3 aromatic rings. The molecule has 0 spiro atoms. The van der Waals surface area contributed by atoms with Gasteiger partial charge in [0.1, 0.15) is 6.54 Å². The molecule has 41 heavy (non-hydrogen) atoms. The Hall–Kier alpha value is -3.95. The molecule has 0 saturated carbocycles. The molecule has 9 nitrogen and oxygen atoms in total. The van der Waals surface area contributed by atoms with Crippen LogP contribution in [-0.2, 0) is 35.6 Å². The van der Waals surface area contributed by atoms with E-state index in [9.17, 15) is 14.4 Å². The summed E-state index contributed by atoms with van der Waals surface area (Å²) in [5, 5.41) is 0. The Labute approximate surface area is 239 Å². The summed E-state index contributed by atoms with van der Waals surface area (Å²) in [7, 11) is 0. The van der Waals surface area contributed by atoms with Crippen molar-refractivity contribution in [3.63, 3.8) is 0 Å². The van der Waals surface area contributed by atoms with Crippen LogP contribution in [-0.4, -0.2) is 62.7 Å². The molecule has 1 aromatic carbocycles. The Morgan fingerprint density at radius 3 is 2.34 bits per heavy atom. The van der Waals surface area contributed by atoms with Crippen LogP contribution in [0.4, 0.5) is 0 Å². The predicted octanol–water partition coefficient (Wildman–Crippen LogP) is 3.25. The standard InChI is InChI=1S/C32H37N5O4/c1-2-41-29(38)22-37-30-27-18-26(10-8-25(27)9-11-28(30)33-31(39)32(37)40)36-13-12-24(21-36)20-35-16-14-34(15-17-35)19-23-6-4-3-5-7-23/h3-7,12-13,18,21H,2,8-11,14-17,19-20,22H2,1H3,(H,33,39). The molecule has 1 aliphatic heterocycles. The Bertz CT molecular complexity index is 1600. The van der Waals surface area contributed by atoms with Crippen LogP contribution in [0.2, 0.25) is 0 Å². The van der Waals surface area contributed by atoms with Gasteiger partial charge in [-0.3, -0.25) is 28.8 Å². The van der Waals surface area contributed by atoms with Crippen molar-refractivity contribution in [2.45, 2.75) is 52.2 Å². The van der Waals surface area contributed by atoms with E-state index >= 15 is 0 Å². The van der Waals surface area contributed by atoms with Crippen LogP contribution in [0, 0.1) is 0 Å². The third-order valence-electron chi connectivity index (χ3n) is 8.36. The van der Waals surface area contributed by atoms with Gasteiger partial charge in [0.05, 0.1) is 12.3 Å². The lowest BCUT2D eigenvalue weighted by Crippen LogP contribution is -2.45. The number of piperazine rings is 1. The topological polar surface area (TPSA) is 92.6 Å². The molecule has 2 aliphatic carbocycles. The second-order valence-corrected chi connectivity index (χ2v) is 11.1. The molecule has 1 N–H and O–H groups in total. The second kappa shape index (κ2) is 11.9. The summed E-state index contributed by atoms with van der Waals surface area (Å²) in [6.07, 6.45) is 9.68. The van der Waals surface area contributed by atoms with Crippen LogP contribution >= 0.6 is 0 Å². The molecule has 0 unspecified atom stereocenters. The summed E-state index contributed by atoms with van der Waals surface area (Å²) in [4.78, 5) is 45.4. The average Bonchev–Trinajstić information content (AvgIpc) is 3.45. The number of carbonyl (C=O) groups excluding carboxylic acids is 1. The molecule has 1 fully saturated rings. The van der Waals surface area contributed by atoms with E-state index in [4.69, 9.17) is 4.74 Å². The molecule has 6 rings (SSSR count). The zero-order valence-corrected chi connectivity index (χ0v) is 23.6. The molecule has 3 aliphatic rings. The molecule has 1 saturated heterocycles. The van der Waals surface area contributed by atoms with E-state index in [-0.39, 0.29) is 13.2 Å². The van der Waals surface area contributed by atoms with Crippen LogP contribution in [0.15, 0.2) is 70.0 Å². The zero-order chi connectivity index (χ0) is 28.3. The summed E-state index contributed by atoms with van der Waals surface area (Å²) in [5.74, 6) is -0.522. The number of nitrogens with zero attached hydrogens (tertiary/aromatic N) is 4. The normalized spacial score (nSPS) is 17.6. The largest absolute Gasteiger partial charge is 0.465 e. The zero-order valence-electron chi connectivity index (χ0n) is 23.6. The lowest BCUT2D eigenvalue weighted by atomic mass is 9.84. The summed E-state index contributed by atoms with van der Waals surface area (Å²) in [6, 6.07) is 12.8. The maximum absolute atomic E-state index is 12.9. The summed E-state index contributed by atoms with van der Waals surface area (Å²) in [5.41, 5.74) is 5.89. The Morgan fingerprint density at radius 1 is 0.902 bits per heavy atom. The maximum Gasteiger partial charge on any atom is 0.326 e. The number of esters is 1. The van der Waals surface area contributed by atoms with Crippen LogP contribution in [0.5, 0.6) is 0 Å². The fourth-order valence-electron chi connectivity index (χ4n) is 6.26. The number of allylic oxidation sites excluding steroid dienone is 4. The van der Waals surface area contributed by atoms with Crippen LogP contribution in [0.1, 0.15) is 48.7 Å². The van der Waals surface area contributed by atoms with Gasteiger partial charge in [0.25, 0.3) is 0 Å². The van der Waals surface area contributed by atoms with Crippen molar-refractivity contribution in [3.8, 4) is 0 Å². The fraction of sp³-hybridized carbons (Fsp3) is 0.406. The monoisotopic (exact) mass is 555 g/mol. The van der Waals surface area contributed by atoms with E-state index in [1.54, 1.807) is 6.92 Å². The molecule has 214 valence electrons. The first kappa shape index (κ1) is 27.2. The Morgan fingerprint density at radius 2 is 1.61 bits per heavy atom. The van der Waals surface area contributed by atoms with Gasteiger partial charge in [0.15, 0.2) is 0 Å². The van der Waals surface area contributed by atoms with Crippen molar-refractivity contribution in [2.24, 2.45) is 0 Å². The maximum atomic E-state index is 12.9. The Kier molecular flexibility index (Phi) is 7.89. The molecular formula is C32H37N5O4. The number of nitrogens with one attached hydrogen (secondary N) is 1. The first-order valence-corrected chi connectivity index (χ1v) is 14.6. The van der Waals surface area contributed by atoms with Crippen LogP contribution < -0.4 is 11.1 Å². The lowest BCUT2D eigenvalue weighted by Gasteiger charge is -2.34. The minimum atomic E-state index is -0.724. The van der Waals surface area contributed by atoms with E-state index in [1.165, 1.54) is 21.3 Å². The van der Waals surface area contributed by atoms with Crippen molar-refractivity contribution >= 4 is 17.2 Å². The first-order valence-electron chi connectivity index (χ1n) is 14.6. The highest BCUT2D eigenvalue weighted by atomic mass is 16.5. The van der Waals surface area contributed by atoms with Crippen molar-refractivity contribution in [1.29, 1.82) is 0 Å². The summed E-state index contributed by atoms with van der Waals surface area (Å²) in [6.45, 7) is 7.80. The SMILES string of the molecule is CCOC(=O)Cn1c2c([nH]c(=O)c1=O)CCC1=C2C=C(n2ccc(CN3CCN(Cc4ccccc4)CC3)c2)CC1. The fourth-order valence-corrected chi connectivity index (χ4v) is 6.26. The van der Waals surface area contributed by atoms with Crippen molar-refractivity contribution < 1.29 is 9.53 Å². The van der Waals surface area contributed by atoms with E-state index in [0.717, 1.165) is 69.8 Å². The summed E-state index contributed by atoms with van der Waals surface area (Å²) >= 11 is 0. The highest BCUT2D eigenvalue weighted by Gasteiger charge is 2.27. The number of aromatic nitrogens is 3. The van der Waals surface area contributed by atoms with Gasteiger partial charge in [-0.15, -0.1) is 0 Å².